The zero-order valence-electron chi connectivity index (χ0n) is 16.0. The summed E-state index contributed by atoms with van der Waals surface area (Å²) < 4.78 is 0. The van der Waals surface area contributed by atoms with Crippen LogP contribution in [-0.4, -0.2) is 34.8 Å². The first-order valence-corrected chi connectivity index (χ1v) is 9.75. The van der Waals surface area contributed by atoms with Crippen molar-refractivity contribution in [3.8, 4) is 0 Å². The Hall–Kier alpha value is -2.60. The molecule has 0 bridgehead atoms. The van der Waals surface area contributed by atoms with Gasteiger partial charge in [0.25, 0.3) is 11.5 Å². The molecule has 2 heterocycles. The number of halogens is 1. The quantitative estimate of drug-likeness (QED) is 0.826. The van der Waals surface area contributed by atoms with Crippen molar-refractivity contribution < 1.29 is 9.59 Å². The average Bonchev–Trinajstić information content (AvgIpc) is 2.67. The number of hydrogen-bond acceptors (Lipinski definition) is 3. The van der Waals surface area contributed by atoms with Gasteiger partial charge in [-0.2, -0.15) is 0 Å². The number of amides is 2. The molecule has 7 heteroatoms. The highest BCUT2D eigenvalue weighted by molar-refractivity contribution is 6.30. The predicted octanol–water partition coefficient (Wildman–Crippen LogP) is 2.81. The number of carbonyl (C=O) groups excluding carboxylic acids is 2. The lowest BCUT2D eigenvalue weighted by atomic mass is 9.95. The summed E-state index contributed by atoms with van der Waals surface area (Å²) in [5, 5.41) is 3.47. The molecule has 28 heavy (non-hydrogen) atoms. The summed E-state index contributed by atoms with van der Waals surface area (Å²) in [7, 11) is 0. The molecule has 0 saturated carbocycles. The number of H-pyrrole nitrogens is 1. The monoisotopic (exact) mass is 401 g/mol. The smallest absolute Gasteiger partial charge is 0.253 e. The maximum Gasteiger partial charge on any atom is 0.253 e. The van der Waals surface area contributed by atoms with Crippen LogP contribution in [-0.2, 0) is 11.3 Å². The molecule has 2 N–H and O–H groups in total. The third-order valence-corrected chi connectivity index (χ3v) is 5.43. The van der Waals surface area contributed by atoms with E-state index in [2.05, 4.69) is 10.3 Å². The minimum absolute atomic E-state index is 0.0441. The summed E-state index contributed by atoms with van der Waals surface area (Å²) in [6, 6.07) is 8.72. The van der Waals surface area contributed by atoms with Gasteiger partial charge in [0, 0.05) is 47.4 Å². The summed E-state index contributed by atoms with van der Waals surface area (Å²) in [5.41, 5.74) is 2.68. The number of aromatic amines is 1. The Morgan fingerprint density at radius 3 is 2.43 bits per heavy atom. The van der Waals surface area contributed by atoms with Gasteiger partial charge in [-0.25, -0.2) is 0 Å². The molecule has 6 nitrogen and oxygen atoms in total. The third-order valence-electron chi connectivity index (χ3n) is 5.18. The number of carbonyl (C=O) groups is 2. The van der Waals surface area contributed by atoms with E-state index in [0.717, 1.165) is 11.3 Å². The molecule has 0 radical (unpaired) electrons. The van der Waals surface area contributed by atoms with Crippen LogP contribution in [0.4, 0.5) is 0 Å². The van der Waals surface area contributed by atoms with Crippen molar-refractivity contribution in [2.45, 2.75) is 33.2 Å². The Morgan fingerprint density at radius 1 is 1.18 bits per heavy atom. The van der Waals surface area contributed by atoms with Gasteiger partial charge in [0.15, 0.2) is 0 Å². The van der Waals surface area contributed by atoms with E-state index in [4.69, 9.17) is 11.6 Å². The number of nitrogens with zero attached hydrogens (tertiary/aromatic N) is 1. The fourth-order valence-electron chi connectivity index (χ4n) is 3.54. The number of nitrogens with one attached hydrogen (secondary N) is 2. The van der Waals surface area contributed by atoms with Crippen molar-refractivity contribution in [1.29, 1.82) is 0 Å². The number of aromatic nitrogens is 1. The number of rotatable bonds is 4. The van der Waals surface area contributed by atoms with Crippen LogP contribution in [0.25, 0.3) is 0 Å². The fraction of sp³-hybridized carbons (Fsp3) is 0.381. The molecular weight excluding hydrogens is 378 g/mol. The van der Waals surface area contributed by atoms with E-state index in [9.17, 15) is 14.4 Å². The number of pyridine rings is 1. The van der Waals surface area contributed by atoms with Crippen molar-refractivity contribution in [3.63, 3.8) is 0 Å². The molecular formula is C21H24ClN3O3. The molecule has 2 amide bonds. The lowest BCUT2D eigenvalue weighted by molar-refractivity contribution is -0.126. The Balaban J connectivity index is 1.53. The van der Waals surface area contributed by atoms with Crippen molar-refractivity contribution in [1.82, 2.24) is 15.2 Å². The van der Waals surface area contributed by atoms with Gasteiger partial charge < -0.3 is 15.2 Å². The molecule has 3 rings (SSSR count). The first-order valence-electron chi connectivity index (χ1n) is 9.37. The molecule has 0 spiro atoms. The van der Waals surface area contributed by atoms with Crippen molar-refractivity contribution in [2.24, 2.45) is 5.92 Å². The van der Waals surface area contributed by atoms with Crippen LogP contribution in [0, 0.1) is 19.8 Å². The van der Waals surface area contributed by atoms with Crippen molar-refractivity contribution in [3.05, 3.63) is 68.1 Å². The minimum atomic E-state index is -0.166. The zero-order chi connectivity index (χ0) is 20.3. The number of aryl methyl sites for hydroxylation is 2. The SMILES string of the molecule is Cc1cc(C)c(CNC(=O)C2CCN(C(=O)c3ccc(Cl)cc3)CC2)c(=O)[nH]1. The van der Waals surface area contributed by atoms with Gasteiger partial charge in [-0.3, -0.25) is 14.4 Å². The summed E-state index contributed by atoms with van der Waals surface area (Å²) in [6.07, 6.45) is 1.21. The largest absolute Gasteiger partial charge is 0.352 e. The summed E-state index contributed by atoms with van der Waals surface area (Å²) in [6.45, 7) is 4.97. The van der Waals surface area contributed by atoms with E-state index in [1.54, 1.807) is 29.2 Å². The standard InChI is InChI=1S/C21H24ClN3O3/c1-13-11-14(2)24-20(27)18(13)12-23-19(26)15-7-9-25(10-8-15)21(28)16-3-5-17(22)6-4-16/h3-6,11,15H,7-10,12H2,1-2H3,(H,23,26)(H,24,27). The minimum Gasteiger partial charge on any atom is -0.352 e. The van der Waals surface area contributed by atoms with E-state index in [0.29, 0.717) is 42.1 Å². The van der Waals surface area contributed by atoms with E-state index in [1.807, 2.05) is 19.9 Å². The first kappa shape index (κ1) is 20.1. The Kier molecular flexibility index (Phi) is 6.19. The molecule has 2 aromatic rings. The van der Waals surface area contributed by atoms with Crippen LogP contribution in [0.15, 0.2) is 35.1 Å². The van der Waals surface area contributed by atoms with E-state index in [-0.39, 0.29) is 29.8 Å². The summed E-state index contributed by atoms with van der Waals surface area (Å²) >= 11 is 5.87. The van der Waals surface area contributed by atoms with Crippen molar-refractivity contribution in [2.75, 3.05) is 13.1 Å². The van der Waals surface area contributed by atoms with E-state index >= 15 is 0 Å². The second-order valence-corrected chi connectivity index (χ2v) is 7.67. The highest BCUT2D eigenvalue weighted by Gasteiger charge is 2.27. The summed E-state index contributed by atoms with van der Waals surface area (Å²) in [5.74, 6) is -0.269. The van der Waals surface area contributed by atoms with Crippen LogP contribution in [0.1, 0.15) is 40.0 Å². The molecule has 148 valence electrons. The molecule has 1 fully saturated rings. The van der Waals surface area contributed by atoms with Gasteiger partial charge in [-0.15, -0.1) is 0 Å². The lowest BCUT2D eigenvalue weighted by Crippen LogP contribution is -2.43. The van der Waals surface area contributed by atoms with Gasteiger partial charge in [-0.1, -0.05) is 11.6 Å². The van der Waals surface area contributed by atoms with Gasteiger partial charge in [0.05, 0.1) is 0 Å². The number of hydrogen-bond donors (Lipinski definition) is 2. The average molecular weight is 402 g/mol. The maximum atomic E-state index is 12.5. The maximum absolute atomic E-state index is 12.5. The molecule has 0 aliphatic carbocycles. The van der Waals surface area contributed by atoms with E-state index in [1.165, 1.54) is 0 Å². The highest BCUT2D eigenvalue weighted by atomic mass is 35.5. The Morgan fingerprint density at radius 2 is 1.82 bits per heavy atom. The molecule has 0 unspecified atom stereocenters. The van der Waals surface area contributed by atoms with Crippen LogP contribution in [0.5, 0.6) is 0 Å². The lowest BCUT2D eigenvalue weighted by Gasteiger charge is -2.31. The molecule has 1 aliphatic heterocycles. The van der Waals surface area contributed by atoms with Gasteiger partial charge in [-0.05, 0) is 62.6 Å². The molecule has 1 saturated heterocycles. The van der Waals surface area contributed by atoms with Crippen LogP contribution >= 0.6 is 11.6 Å². The molecule has 1 aromatic carbocycles. The summed E-state index contributed by atoms with van der Waals surface area (Å²) in [4.78, 5) is 41.6. The number of benzene rings is 1. The molecule has 0 atom stereocenters. The van der Waals surface area contributed by atoms with Crippen molar-refractivity contribution >= 4 is 23.4 Å². The van der Waals surface area contributed by atoms with E-state index < -0.39 is 0 Å². The Labute approximate surface area is 168 Å². The number of likely N-dealkylation sites (tertiary alicyclic amines) is 1. The topological polar surface area (TPSA) is 82.3 Å². The highest BCUT2D eigenvalue weighted by Crippen LogP contribution is 2.20. The second kappa shape index (κ2) is 8.61. The molecule has 1 aromatic heterocycles. The Bertz CT molecular complexity index is 929. The second-order valence-electron chi connectivity index (χ2n) is 7.23. The third kappa shape index (κ3) is 4.62. The van der Waals surface area contributed by atoms with Crippen LogP contribution in [0.2, 0.25) is 5.02 Å². The van der Waals surface area contributed by atoms with Crippen LogP contribution in [0.3, 0.4) is 0 Å². The number of piperidine rings is 1. The fourth-order valence-corrected chi connectivity index (χ4v) is 3.67. The molecule has 1 aliphatic rings. The van der Waals surface area contributed by atoms with Gasteiger partial charge >= 0.3 is 0 Å². The zero-order valence-corrected chi connectivity index (χ0v) is 16.8. The predicted molar refractivity (Wildman–Crippen MR) is 108 cm³/mol. The first-order chi connectivity index (χ1) is 13.3. The van der Waals surface area contributed by atoms with Gasteiger partial charge in [0.1, 0.15) is 0 Å². The van der Waals surface area contributed by atoms with Gasteiger partial charge in [0.2, 0.25) is 5.91 Å². The normalized spacial score (nSPS) is 14.8. The van der Waals surface area contributed by atoms with Crippen LogP contribution < -0.4 is 10.9 Å².